The second-order valence-corrected chi connectivity index (χ2v) is 19.1. The highest BCUT2D eigenvalue weighted by Crippen LogP contribution is 2.50. The van der Waals surface area contributed by atoms with Crippen LogP contribution in [-0.2, 0) is 37.1 Å². The van der Waals surface area contributed by atoms with Gasteiger partial charge in [-0.05, 0) is 143 Å². The third kappa shape index (κ3) is 9.68. The molecule has 0 unspecified atom stereocenters. The van der Waals surface area contributed by atoms with E-state index in [4.69, 9.17) is 0 Å². The topological polar surface area (TPSA) is 33.6 Å². The summed E-state index contributed by atoms with van der Waals surface area (Å²) in [5.41, 5.74) is -11.6. The summed E-state index contributed by atoms with van der Waals surface area (Å²) < 4.78 is 261. The van der Waals surface area contributed by atoms with Gasteiger partial charge in [0.1, 0.15) is 0 Å². The van der Waals surface area contributed by atoms with Gasteiger partial charge >= 0.3 is 37.1 Å². The molecule has 0 radical (unpaired) electrons. The van der Waals surface area contributed by atoms with Crippen molar-refractivity contribution in [2.75, 3.05) is 0 Å². The Morgan fingerprint density at radius 1 is 0.280 bits per heavy atom. The molecular weight excluding hydrogens is 1120 g/mol. The summed E-state index contributed by atoms with van der Waals surface area (Å²) in [7, 11) is 0. The lowest BCUT2D eigenvalue weighted by Crippen LogP contribution is -2.11. The number of nitrogens with zero attached hydrogens (tertiary/aromatic N) is 3. The van der Waals surface area contributed by atoms with Crippen molar-refractivity contribution in [3.63, 3.8) is 0 Å². The van der Waals surface area contributed by atoms with Crippen molar-refractivity contribution in [3.05, 3.63) is 215 Å². The Morgan fingerprint density at radius 3 is 0.976 bits per heavy atom. The molecule has 11 rings (SSSR count). The van der Waals surface area contributed by atoms with Crippen LogP contribution < -0.4 is 0 Å². The smallest absolute Gasteiger partial charge is 0.309 e. The van der Waals surface area contributed by atoms with Gasteiger partial charge in [-0.1, -0.05) is 66.7 Å². The fraction of sp³-hybridized carbons (Fsp3) is 0.0984. The molecule has 0 N–H and O–H groups in total. The van der Waals surface area contributed by atoms with E-state index in [-0.39, 0.29) is 95.8 Å². The lowest BCUT2D eigenvalue weighted by molar-refractivity contribution is -0.144. The molecule has 0 spiro atoms. The first-order chi connectivity index (χ1) is 38.4. The Labute approximate surface area is 449 Å². The van der Waals surface area contributed by atoms with Gasteiger partial charge in [-0.3, -0.25) is 0 Å². The lowest BCUT2D eigenvalue weighted by atomic mass is 9.87. The Bertz CT molecular complexity index is 4340. The molecule has 0 saturated heterocycles. The number of alkyl halides is 18. The van der Waals surface area contributed by atoms with Crippen LogP contribution in [0.2, 0.25) is 0 Å². The maximum Gasteiger partial charge on any atom is 0.416 e. The minimum Gasteiger partial charge on any atom is -0.309 e. The Kier molecular flexibility index (Phi) is 12.7. The average Bonchev–Trinajstić information content (AvgIpc) is 2.83. The zero-order chi connectivity index (χ0) is 58.8. The van der Waals surface area contributed by atoms with Gasteiger partial charge in [0.15, 0.2) is 0 Å². The second-order valence-electron chi connectivity index (χ2n) is 19.1. The SMILES string of the molecule is N#Cc1cccc(-n2c3ccccc3c3cc(-c4cc(C(F)(F)F)cc(C(F)(F)F)c4)ccc32)c1-c1c(-c2cc(C(F)(F)F)cc(C(F)(F)F)c2)cccc1-n1c2ccccc2c2cc(-c3cc(C(F)(F)F)cc(C(F)(F)F)c3)ccc21. The van der Waals surface area contributed by atoms with E-state index >= 15 is 0 Å². The van der Waals surface area contributed by atoms with Crippen LogP contribution in [0.5, 0.6) is 0 Å². The van der Waals surface area contributed by atoms with Gasteiger partial charge in [0.25, 0.3) is 0 Å². The van der Waals surface area contributed by atoms with Crippen molar-refractivity contribution in [1.82, 2.24) is 9.13 Å². The summed E-state index contributed by atoms with van der Waals surface area (Å²) in [6, 6.07) is 33.6. The largest absolute Gasteiger partial charge is 0.416 e. The first-order valence-electron chi connectivity index (χ1n) is 24.0. The van der Waals surface area contributed by atoms with Crippen LogP contribution in [-0.4, -0.2) is 9.13 Å². The van der Waals surface area contributed by atoms with Crippen LogP contribution >= 0.6 is 0 Å². The molecule has 2 heterocycles. The van der Waals surface area contributed by atoms with E-state index in [0.29, 0.717) is 47.2 Å². The number of para-hydroxylation sites is 2. The number of halogens is 18. The molecule has 0 aliphatic carbocycles. The minimum absolute atomic E-state index is 0.0274. The third-order valence-corrected chi connectivity index (χ3v) is 14.0. The molecule has 0 aliphatic heterocycles. The summed E-state index contributed by atoms with van der Waals surface area (Å²) >= 11 is 0. The molecule has 11 aromatic rings. The number of hydrogen-bond acceptors (Lipinski definition) is 1. The normalized spacial score (nSPS) is 13.0. The van der Waals surface area contributed by atoms with Crippen LogP contribution in [0.4, 0.5) is 79.0 Å². The molecule has 82 heavy (non-hydrogen) atoms. The quantitative estimate of drug-likeness (QED) is 0.153. The fourth-order valence-electron chi connectivity index (χ4n) is 10.5. The maximum absolute atomic E-state index is 14.8. The van der Waals surface area contributed by atoms with Crippen molar-refractivity contribution in [2.24, 2.45) is 0 Å². The van der Waals surface area contributed by atoms with Gasteiger partial charge in [-0.25, -0.2) is 0 Å². The summed E-state index contributed by atoms with van der Waals surface area (Å²) in [5, 5.41) is 12.2. The zero-order valence-electron chi connectivity index (χ0n) is 40.9. The van der Waals surface area contributed by atoms with E-state index in [1.807, 2.05) is 0 Å². The van der Waals surface area contributed by atoms with Gasteiger partial charge < -0.3 is 9.13 Å². The van der Waals surface area contributed by atoms with Crippen LogP contribution in [0.1, 0.15) is 38.9 Å². The van der Waals surface area contributed by atoms with Crippen molar-refractivity contribution >= 4 is 43.6 Å². The minimum atomic E-state index is -5.36. The number of nitriles is 1. The van der Waals surface area contributed by atoms with E-state index in [2.05, 4.69) is 6.07 Å². The highest BCUT2D eigenvalue weighted by Gasteiger charge is 2.40. The first kappa shape index (κ1) is 54.8. The monoisotopic (exact) mass is 1150 g/mol. The van der Waals surface area contributed by atoms with Gasteiger partial charge in [-0.15, -0.1) is 0 Å². The second kappa shape index (κ2) is 19.0. The number of benzene rings is 9. The van der Waals surface area contributed by atoms with E-state index < -0.39 is 87.1 Å². The van der Waals surface area contributed by atoms with Gasteiger partial charge in [0, 0.05) is 32.7 Å². The summed E-state index contributed by atoms with van der Waals surface area (Å²) in [4.78, 5) is 0. The summed E-state index contributed by atoms with van der Waals surface area (Å²) in [6.45, 7) is 0. The van der Waals surface area contributed by atoms with Crippen LogP contribution in [0.3, 0.4) is 0 Å². The highest BCUT2D eigenvalue weighted by atomic mass is 19.4. The third-order valence-electron chi connectivity index (χ3n) is 14.0. The van der Waals surface area contributed by atoms with Gasteiger partial charge in [0.2, 0.25) is 0 Å². The standard InChI is InChI=1S/C61H29F18N3/c62-56(63,64)37-19-34(20-38(27-37)57(65,66)67)31-15-17-50-46(25-31)44-8-1-3-11-48(44)81(50)52-13-5-7-33(30-80)54(52)55-43(36-23-41(60(74,75)76)29-42(24-36)61(77,78)79)10-6-14-53(55)82-49-12-4-2-9-45(49)47-26-32(16-18-51(47)82)35-21-39(58(68,69)70)28-40(22-35)59(71,72)73/h1-29H. The van der Waals surface area contributed by atoms with E-state index in [0.717, 1.165) is 0 Å². The number of aromatic nitrogens is 2. The number of rotatable bonds is 6. The molecule has 0 fully saturated rings. The predicted molar refractivity (Wildman–Crippen MR) is 272 cm³/mol. The molecular formula is C61H29F18N3. The molecule has 9 aromatic carbocycles. The average molecular weight is 1150 g/mol. The van der Waals surface area contributed by atoms with Crippen LogP contribution in [0.15, 0.2) is 176 Å². The molecule has 21 heteroatoms. The predicted octanol–water partition coefficient (Wildman–Crippen LogP) is 20.5. The van der Waals surface area contributed by atoms with E-state index in [1.54, 1.807) is 53.1 Å². The first-order valence-corrected chi connectivity index (χ1v) is 24.0. The van der Waals surface area contributed by atoms with Crippen LogP contribution in [0.25, 0.3) is 99.5 Å². The zero-order valence-corrected chi connectivity index (χ0v) is 40.9. The summed E-state index contributed by atoms with van der Waals surface area (Å²) in [5.74, 6) is 0. The highest BCUT2D eigenvalue weighted by molar-refractivity contribution is 6.13. The van der Waals surface area contributed by atoms with Crippen molar-refractivity contribution in [3.8, 4) is 62.0 Å². The van der Waals surface area contributed by atoms with Gasteiger partial charge in [0.05, 0.1) is 78.5 Å². The van der Waals surface area contributed by atoms with E-state index in [9.17, 15) is 84.3 Å². The molecule has 0 bridgehead atoms. The van der Waals surface area contributed by atoms with Crippen molar-refractivity contribution < 1.29 is 79.0 Å². The Hall–Kier alpha value is -9.19. The van der Waals surface area contributed by atoms with Gasteiger partial charge in [-0.2, -0.15) is 84.3 Å². The van der Waals surface area contributed by atoms with Crippen molar-refractivity contribution in [1.29, 1.82) is 5.26 Å². The molecule has 0 amide bonds. The van der Waals surface area contributed by atoms with Crippen LogP contribution in [0, 0.1) is 11.3 Å². The van der Waals surface area contributed by atoms with Crippen molar-refractivity contribution in [2.45, 2.75) is 37.1 Å². The van der Waals surface area contributed by atoms with E-state index in [1.165, 1.54) is 77.4 Å². The molecule has 3 nitrogen and oxygen atoms in total. The molecule has 2 aromatic heterocycles. The maximum atomic E-state index is 14.8. The molecule has 0 atom stereocenters. The molecule has 0 saturated carbocycles. The lowest BCUT2D eigenvalue weighted by Gasteiger charge is -2.23. The number of fused-ring (bicyclic) bond motifs is 6. The Morgan fingerprint density at radius 2 is 0.610 bits per heavy atom. The summed E-state index contributed by atoms with van der Waals surface area (Å²) in [6.07, 6.45) is -31.6. The molecule has 414 valence electrons. The number of hydrogen-bond donors (Lipinski definition) is 0. The fourth-order valence-corrected chi connectivity index (χ4v) is 10.5. The molecule has 0 aliphatic rings. The Balaban J connectivity index is 1.24.